The highest BCUT2D eigenvalue weighted by atomic mass is 16.6. The molecule has 0 aliphatic carbocycles. The third-order valence-corrected chi connectivity index (χ3v) is 6.65. The molecule has 3 aromatic rings. The van der Waals surface area contributed by atoms with E-state index in [9.17, 15) is 14.7 Å². The van der Waals surface area contributed by atoms with Crippen molar-refractivity contribution in [1.29, 1.82) is 0 Å². The normalized spacial score (nSPS) is 13.0. The van der Waals surface area contributed by atoms with Crippen LogP contribution in [0.25, 0.3) is 0 Å². The molecule has 6 nitrogen and oxygen atoms in total. The number of esters is 2. The first-order chi connectivity index (χ1) is 18.2. The lowest BCUT2D eigenvalue weighted by Crippen LogP contribution is -2.38. The van der Waals surface area contributed by atoms with Gasteiger partial charge in [0.2, 0.25) is 6.10 Å². The summed E-state index contributed by atoms with van der Waals surface area (Å²) in [5.74, 6) is -0.956. The smallest absolute Gasteiger partial charge is 0.357 e. The van der Waals surface area contributed by atoms with E-state index in [0.717, 1.165) is 29.7 Å². The number of carbonyl (C=O) groups is 2. The summed E-state index contributed by atoms with van der Waals surface area (Å²) in [6.07, 6.45) is -0.405. The van der Waals surface area contributed by atoms with Gasteiger partial charge >= 0.3 is 11.9 Å². The van der Waals surface area contributed by atoms with Gasteiger partial charge in [-0.05, 0) is 63.9 Å². The summed E-state index contributed by atoms with van der Waals surface area (Å²) in [5.41, 5.74) is 3.15. The molecule has 38 heavy (non-hydrogen) atoms. The van der Waals surface area contributed by atoms with Crippen LogP contribution in [0.4, 0.5) is 0 Å². The second-order valence-electron chi connectivity index (χ2n) is 10.0. The SMILES string of the molecule is CC(=O)OC(C(=O)Oc1ccc(CO)cc1C(CCN(C(C)C)C(C)C)c1ccccc1)c1ccccc1. The summed E-state index contributed by atoms with van der Waals surface area (Å²) in [4.78, 5) is 27.7. The number of rotatable bonds is 12. The number of aliphatic hydroxyl groups is 1. The Hall–Kier alpha value is -3.48. The van der Waals surface area contributed by atoms with Gasteiger partial charge in [0, 0.05) is 36.1 Å². The largest absolute Gasteiger partial charge is 0.446 e. The maximum absolute atomic E-state index is 13.4. The van der Waals surface area contributed by atoms with Crippen molar-refractivity contribution in [2.24, 2.45) is 0 Å². The van der Waals surface area contributed by atoms with Gasteiger partial charge in [-0.1, -0.05) is 66.7 Å². The van der Waals surface area contributed by atoms with Crippen molar-refractivity contribution < 1.29 is 24.2 Å². The van der Waals surface area contributed by atoms with Gasteiger partial charge in [-0.2, -0.15) is 0 Å². The van der Waals surface area contributed by atoms with Gasteiger partial charge in [0.15, 0.2) is 0 Å². The van der Waals surface area contributed by atoms with E-state index in [0.29, 0.717) is 23.4 Å². The summed E-state index contributed by atoms with van der Waals surface area (Å²) in [6.45, 7) is 10.7. The Morgan fingerprint density at radius 1 is 0.842 bits per heavy atom. The number of hydrogen-bond donors (Lipinski definition) is 1. The number of aliphatic hydroxyl groups excluding tert-OH is 1. The number of nitrogens with zero attached hydrogens (tertiary/aromatic N) is 1. The molecule has 0 saturated carbocycles. The van der Waals surface area contributed by atoms with Crippen LogP contribution in [0.5, 0.6) is 5.75 Å². The quantitative estimate of drug-likeness (QED) is 0.234. The van der Waals surface area contributed by atoms with E-state index in [4.69, 9.17) is 9.47 Å². The Morgan fingerprint density at radius 3 is 1.95 bits per heavy atom. The van der Waals surface area contributed by atoms with Gasteiger partial charge in [0.25, 0.3) is 0 Å². The van der Waals surface area contributed by atoms with E-state index in [2.05, 4.69) is 44.7 Å². The molecule has 0 heterocycles. The highest BCUT2D eigenvalue weighted by Gasteiger charge is 2.29. The summed E-state index contributed by atoms with van der Waals surface area (Å²) in [6, 6.07) is 25.1. The molecule has 0 saturated heterocycles. The topological polar surface area (TPSA) is 76.1 Å². The maximum Gasteiger partial charge on any atom is 0.357 e. The van der Waals surface area contributed by atoms with Crippen LogP contribution < -0.4 is 4.74 Å². The summed E-state index contributed by atoms with van der Waals surface area (Å²) in [5, 5.41) is 9.91. The first-order valence-electron chi connectivity index (χ1n) is 13.2. The van der Waals surface area contributed by atoms with Gasteiger partial charge in [-0.15, -0.1) is 0 Å². The molecule has 3 aromatic carbocycles. The Bertz CT molecular complexity index is 1170. The van der Waals surface area contributed by atoms with Crippen molar-refractivity contribution in [3.8, 4) is 5.75 Å². The van der Waals surface area contributed by atoms with E-state index >= 15 is 0 Å². The first-order valence-corrected chi connectivity index (χ1v) is 13.2. The molecule has 0 fully saturated rings. The molecule has 0 aromatic heterocycles. The van der Waals surface area contributed by atoms with Crippen LogP contribution in [0.15, 0.2) is 78.9 Å². The fraction of sp³-hybridized carbons (Fsp3) is 0.375. The van der Waals surface area contributed by atoms with Crippen LogP contribution in [0.2, 0.25) is 0 Å². The molecular weight excluding hydrogens is 478 g/mol. The van der Waals surface area contributed by atoms with Gasteiger partial charge < -0.3 is 14.6 Å². The zero-order valence-electron chi connectivity index (χ0n) is 23.0. The van der Waals surface area contributed by atoms with Crippen LogP contribution in [-0.4, -0.2) is 40.6 Å². The standard InChI is InChI=1S/C32H39NO5/c1-22(2)33(23(3)4)19-18-28(26-12-8-6-9-13-26)29-20-25(21-34)16-17-30(29)38-32(36)31(37-24(5)35)27-14-10-7-11-15-27/h6-17,20,22-23,28,31,34H,18-19,21H2,1-5H3. The minimum absolute atomic E-state index is 0.0885. The molecule has 0 amide bonds. The second-order valence-corrected chi connectivity index (χ2v) is 10.0. The number of carbonyl (C=O) groups excluding carboxylic acids is 2. The van der Waals surface area contributed by atoms with Crippen LogP contribution in [0.1, 0.15) is 75.3 Å². The van der Waals surface area contributed by atoms with Crippen LogP contribution in [0.3, 0.4) is 0 Å². The van der Waals surface area contributed by atoms with E-state index in [1.165, 1.54) is 6.92 Å². The number of hydrogen-bond acceptors (Lipinski definition) is 6. The van der Waals surface area contributed by atoms with Crippen molar-refractivity contribution in [1.82, 2.24) is 4.90 Å². The molecular formula is C32H39NO5. The highest BCUT2D eigenvalue weighted by Crippen LogP contribution is 2.37. The molecule has 2 atom stereocenters. The predicted molar refractivity (Wildman–Crippen MR) is 149 cm³/mol. The van der Waals surface area contributed by atoms with Crippen LogP contribution in [-0.2, 0) is 20.9 Å². The molecule has 6 heteroatoms. The van der Waals surface area contributed by atoms with Crippen LogP contribution in [0, 0.1) is 0 Å². The monoisotopic (exact) mass is 517 g/mol. The van der Waals surface area contributed by atoms with E-state index in [-0.39, 0.29) is 12.5 Å². The molecule has 0 aliphatic rings. The molecule has 0 bridgehead atoms. The van der Waals surface area contributed by atoms with Crippen molar-refractivity contribution >= 4 is 11.9 Å². The number of ether oxygens (including phenoxy) is 2. The number of benzene rings is 3. The van der Waals surface area contributed by atoms with Crippen molar-refractivity contribution in [2.75, 3.05) is 6.54 Å². The van der Waals surface area contributed by atoms with Crippen molar-refractivity contribution in [3.05, 3.63) is 101 Å². The van der Waals surface area contributed by atoms with Gasteiger partial charge in [0.1, 0.15) is 5.75 Å². The van der Waals surface area contributed by atoms with E-state index in [1.807, 2.05) is 30.3 Å². The van der Waals surface area contributed by atoms with Crippen molar-refractivity contribution in [3.63, 3.8) is 0 Å². The molecule has 3 rings (SSSR count). The summed E-state index contributed by atoms with van der Waals surface area (Å²) in [7, 11) is 0. The Morgan fingerprint density at radius 2 is 1.42 bits per heavy atom. The Balaban J connectivity index is 2.02. The fourth-order valence-electron chi connectivity index (χ4n) is 4.85. The highest BCUT2D eigenvalue weighted by molar-refractivity contribution is 5.82. The maximum atomic E-state index is 13.4. The average Bonchev–Trinajstić information content (AvgIpc) is 2.90. The first kappa shape index (κ1) is 29.1. The van der Waals surface area contributed by atoms with Crippen LogP contribution >= 0.6 is 0 Å². The zero-order valence-corrected chi connectivity index (χ0v) is 23.0. The second kappa shape index (κ2) is 13.9. The molecule has 0 radical (unpaired) electrons. The lowest BCUT2D eigenvalue weighted by atomic mass is 9.86. The molecule has 0 spiro atoms. The summed E-state index contributed by atoms with van der Waals surface area (Å²) >= 11 is 0. The Labute approximate surface area is 226 Å². The molecule has 1 N–H and O–H groups in total. The third-order valence-electron chi connectivity index (χ3n) is 6.65. The minimum atomic E-state index is -1.19. The van der Waals surface area contributed by atoms with Gasteiger partial charge in [0.05, 0.1) is 6.61 Å². The Kier molecular flexibility index (Phi) is 10.6. The van der Waals surface area contributed by atoms with E-state index < -0.39 is 18.0 Å². The zero-order chi connectivity index (χ0) is 27.7. The fourth-order valence-corrected chi connectivity index (χ4v) is 4.85. The predicted octanol–water partition coefficient (Wildman–Crippen LogP) is 6.03. The van der Waals surface area contributed by atoms with Crippen molar-refractivity contribution in [2.45, 2.75) is 71.8 Å². The third kappa shape index (κ3) is 7.76. The molecule has 2 unspecified atom stereocenters. The summed E-state index contributed by atoms with van der Waals surface area (Å²) < 4.78 is 11.3. The lowest BCUT2D eigenvalue weighted by molar-refractivity contribution is -0.161. The van der Waals surface area contributed by atoms with E-state index in [1.54, 1.807) is 36.4 Å². The molecule has 0 aliphatic heterocycles. The lowest BCUT2D eigenvalue weighted by Gasteiger charge is -2.32. The average molecular weight is 518 g/mol. The minimum Gasteiger partial charge on any atom is -0.446 e. The molecule has 202 valence electrons. The van der Waals surface area contributed by atoms with Gasteiger partial charge in [-0.25, -0.2) is 4.79 Å². The van der Waals surface area contributed by atoms with Gasteiger partial charge in [-0.3, -0.25) is 9.69 Å².